The van der Waals surface area contributed by atoms with Gasteiger partial charge in [-0.3, -0.25) is 4.98 Å². The van der Waals surface area contributed by atoms with Crippen LogP contribution in [0.5, 0.6) is 0 Å². The Bertz CT molecular complexity index is 3240. The molecule has 0 saturated heterocycles. The first-order valence-corrected chi connectivity index (χ1v) is 25.2. The predicted molar refractivity (Wildman–Crippen MR) is 265 cm³/mol. The van der Waals surface area contributed by atoms with Gasteiger partial charge in [-0.15, -0.1) is 54.1 Å². The van der Waals surface area contributed by atoms with Crippen molar-refractivity contribution in [3.8, 4) is 39.5 Å². The van der Waals surface area contributed by atoms with Crippen molar-refractivity contribution in [1.29, 1.82) is 0 Å². The van der Waals surface area contributed by atoms with Crippen LogP contribution in [0.3, 0.4) is 0 Å². The topological polar surface area (TPSA) is 56.7 Å². The Labute approximate surface area is 394 Å². The molecule has 0 amide bonds. The minimum absolute atomic E-state index is 0. The molecule has 64 heavy (non-hydrogen) atoms. The van der Waals surface area contributed by atoms with Crippen molar-refractivity contribution in [2.75, 3.05) is 0 Å². The summed E-state index contributed by atoms with van der Waals surface area (Å²) < 4.78 is 26.7. The van der Waals surface area contributed by atoms with E-state index in [4.69, 9.17) is 17.1 Å². The molecule has 0 aliphatic heterocycles. The number of para-hydroxylation sites is 2. The monoisotopic (exact) mass is 1030 g/mol. The van der Waals surface area contributed by atoms with Gasteiger partial charge in [-0.2, -0.15) is 0 Å². The molecule has 0 fully saturated rings. The van der Waals surface area contributed by atoms with Crippen molar-refractivity contribution in [3.05, 3.63) is 198 Å². The van der Waals surface area contributed by atoms with E-state index in [0.29, 0.717) is 22.6 Å². The number of aromatic nitrogens is 4. The molecule has 321 valence electrons. The van der Waals surface area contributed by atoms with Gasteiger partial charge in [-0.1, -0.05) is 143 Å². The van der Waals surface area contributed by atoms with E-state index in [1.807, 2.05) is 72.9 Å². The molecule has 5 nitrogen and oxygen atoms in total. The third kappa shape index (κ3) is 9.07. The Hall–Kier alpha value is -6.24. The van der Waals surface area contributed by atoms with E-state index < -0.39 is 14.4 Å². The minimum Gasteiger partial charge on any atom is -0.486 e. The molecule has 0 atom stereocenters. The van der Waals surface area contributed by atoms with Crippen molar-refractivity contribution in [2.45, 2.75) is 65.5 Å². The largest absolute Gasteiger partial charge is 0.486 e. The second-order valence-corrected chi connectivity index (χ2v) is 22.7. The fraction of sp³-hybridized carbons (Fsp3) is 0.175. The zero-order valence-electron chi connectivity index (χ0n) is 39.3. The summed E-state index contributed by atoms with van der Waals surface area (Å²) in [5.74, 6) is 1.21. The van der Waals surface area contributed by atoms with E-state index in [1.54, 1.807) is 18.2 Å². The molecule has 4 heterocycles. The summed E-state index contributed by atoms with van der Waals surface area (Å²) in [7, 11) is -1.23. The molecule has 0 aliphatic rings. The maximum Gasteiger partial charge on any atom is 0.216 e. The predicted octanol–water partition coefficient (Wildman–Crippen LogP) is 14.4. The SMILES string of the molecule is C[Si](C)(C)c1ccc(-c2[c-]cccc2)nc1.[2H]C([2H])(c1ccccc1)c1ccc2c(n1)oc1c(-c3nc4ccccc4n3-c3c(C(C)C)cc(-c4ccccc4)cc3C(C)C)[c-]ccc12.[Ir]. The molecule has 7 heteroatoms. The van der Waals surface area contributed by atoms with Crippen LogP contribution in [0, 0.1) is 12.1 Å². The van der Waals surface area contributed by atoms with E-state index in [0.717, 1.165) is 50.1 Å². The molecule has 0 aliphatic carbocycles. The molecule has 0 N–H and O–H groups in total. The van der Waals surface area contributed by atoms with Gasteiger partial charge < -0.3 is 14.0 Å². The third-order valence-electron chi connectivity index (χ3n) is 11.5. The van der Waals surface area contributed by atoms with Crippen LogP contribution in [0.25, 0.3) is 72.6 Å². The number of fused-ring (bicyclic) bond motifs is 4. The number of furan rings is 1. The summed E-state index contributed by atoms with van der Waals surface area (Å²) in [4.78, 5) is 14.5. The summed E-state index contributed by atoms with van der Waals surface area (Å²) in [5.41, 5.74) is 12.5. The van der Waals surface area contributed by atoms with E-state index in [-0.39, 0.29) is 31.9 Å². The smallest absolute Gasteiger partial charge is 0.216 e. The van der Waals surface area contributed by atoms with Gasteiger partial charge in [-0.25, -0.2) is 4.98 Å². The Morgan fingerprint density at radius 3 is 2.02 bits per heavy atom. The second kappa shape index (κ2) is 18.8. The molecule has 1 radical (unpaired) electrons. The van der Waals surface area contributed by atoms with Crippen LogP contribution in [0.15, 0.2) is 168 Å². The van der Waals surface area contributed by atoms with Gasteiger partial charge in [0.15, 0.2) is 0 Å². The van der Waals surface area contributed by atoms with Crippen LogP contribution in [-0.2, 0) is 26.5 Å². The molecular formula is C57H52IrN4OSi-2. The molecule has 4 aromatic heterocycles. The van der Waals surface area contributed by atoms with E-state index >= 15 is 0 Å². The van der Waals surface area contributed by atoms with E-state index in [1.165, 1.54) is 27.4 Å². The number of pyridine rings is 2. The van der Waals surface area contributed by atoms with Crippen LogP contribution in [-0.4, -0.2) is 27.6 Å². The Balaban J connectivity index is 0.000000295. The molecule has 10 aromatic rings. The van der Waals surface area contributed by atoms with Gasteiger partial charge in [0.1, 0.15) is 0 Å². The summed E-state index contributed by atoms with van der Waals surface area (Å²) in [6.07, 6.45) is 0.228. The van der Waals surface area contributed by atoms with Crippen molar-refractivity contribution < 1.29 is 27.3 Å². The summed E-state index contributed by atoms with van der Waals surface area (Å²) in [6, 6.07) is 59.1. The van der Waals surface area contributed by atoms with Gasteiger partial charge in [0.2, 0.25) is 5.71 Å². The maximum absolute atomic E-state index is 8.90. The Kier molecular flexibility index (Phi) is 12.3. The van der Waals surface area contributed by atoms with Gasteiger partial charge in [-0.05, 0) is 86.9 Å². The van der Waals surface area contributed by atoms with Crippen molar-refractivity contribution in [2.24, 2.45) is 0 Å². The normalized spacial score (nSPS) is 12.3. The van der Waals surface area contributed by atoms with Gasteiger partial charge in [0, 0.05) is 52.2 Å². The summed E-state index contributed by atoms with van der Waals surface area (Å²) >= 11 is 0. The average Bonchev–Trinajstić information content (AvgIpc) is 3.90. The molecule has 6 aromatic carbocycles. The quantitative estimate of drug-likeness (QED) is 0.107. The first-order chi connectivity index (χ1) is 31.3. The fourth-order valence-electron chi connectivity index (χ4n) is 8.11. The number of rotatable bonds is 9. The van der Waals surface area contributed by atoms with Crippen LogP contribution < -0.4 is 5.19 Å². The number of hydrogen-bond acceptors (Lipinski definition) is 4. The number of hydrogen-bond donors (Lipinski definition) is 0. The van der Waals surface area contributed by atoms with Crippen LogP contribution >= 0.6 is 0 Å². The molecule has 0 bridgehead atoms. The number of imidazole rings is 1. The van der Waals surface area contributed by atoms with Crippen molar-refractivity contribution in [1.82, 2.24) is 19.5 Å². The average molecular weight is 1030 g/mol. The van der Waals surface area contributed by atoms with E-state index in [2.05, 4.69) is 142 Å². The Morgan fingerprint density at radius 2 is 1.36 bits per heavy atom. The van der Waals surface area contributed by atoms with Crippen LogP contribution in [0.2, 0.25) is 19.6 Å². The van der Waals surface area contributed by atoms with Crippen molar-refractivity contribution in [3.63, 3.8) is 0 Å². The fourth-order valence-corrected chi connectivity index (χ4v) is 9.15. The van der Waals surface area contributed by atoms with E-state index in [9.17, 15) is 0 Å². The minimum atomic E-state index is -1.79. The zero-order chi connectivity index (χ0) is 45.5. The molecule has 0 unspecified atom stereocenters. The summed E-state index contributed by atoms with van der Waals surface area (Å²) in [6.45, 7) is 16.0. The van der Waals surface area contributed by atoms with Crippen LogP contribution in [0.4, 0.5) is 0 Å². The molecule has 0 saturated carbocycles. The molecular weight excluding hydrogens is 977 g/mol. The summed E-state index contributed by atoms with van der Waals surface area (Å²) in [5, 5.41) is 3.10. The molecule has 10 rings (SSSR count). The van der Waals surface area contributed by atoms with Crippen molar-refractivity contribution >= 4 is 46.4 Å². The maximum atomic E-state index is 8.90. The zero-order valence-corrected chi connectivity index (χ0v) is 40.7. The number of benzene rings is 6. The third-order valence-corrected chi connectivity index (χ3v) is 13.5. The first kappa shape index (κ1) is 41.7. The Morgan fingerprint density at radius 1 is 0.672 bits per heavy atom. The second-order valence-electron chi connectivity index (χ2n) is 17.6. The van der Waals surface area contributed by atoms with Gasteiger partial charge in [0.05, 0.1) is 30.5 Å². The van der Waals surface area contributed by atoms with Gasteiger partial charge in [0.25, 0.3) is 0 Å². The number of nitrogens with zero attached hydrogens (tertiary/aromatic N) is 4. The first-order valence-electron chi connectivity index (χ1n) is 22.7. The molecule has 0 spiro atoms. The standard InChI is InChI=1S/C43H36N3O.C14H16NSi.Ir/c1-27(2)36-25-31(30-16-9-6-10-17-30)26-37(28(3)4)40(36)46-39-21-12-11-20-38(39)45-42(46)35-19-13-18-33-34-23-22-32(44-43(34)47-41(33)35)24-29-14-7-5-8-15-29;1-16(2,3)13-9-10-14(15-11-13)12-7-5-4-6-8-12;/h5-18,20-23,25-28H,24H2,1-4H3;4-7,9-11H,1-3H3;/q2*-1;/i24D2;;. The van der Waals surface area contributed by atoms with Gasteiger partial charge >= 0.3 is 0 Å². The van der Waals surface area contributed by atoms with Crippen LogP contribution in [0.1, 0.15) is 64.7 Å².